The Balaban J connectivity index is 1.67. The maximum absolute atomic E-state index is 6.02. The molecule has 2 atom stereocenters. The SMILES string of the molecule is Clc1cc(NC2CCN3CCCC3C2)c(Cl)nn1. The summed E-state index contributed by atoms with van der Waals surface area (Å²) in [5.74, 6) is 0. The third-order valence-electron chi connectivity index (χ3n) is 3.90. The van der Waals surface area contributed by atoms with Crippen LogP contribution >= 0.6 is 23.2 Å². The first-order chi connectivity index (χ1) is 8.72. The molecule has 3 heterocycles. The van der Waals surface area contributed by atoms with Crippen molar-refractivity contribution in [1.82, 2.24) is 15.1 Å². The van der Waals surface area contributed by atoms with E-state index in [1.165, 1.54) is 32.4 Å². The number of fused-ring (bicyclic) bond motifs is 1. The molecule has 0 aromatic carbocycles. The fourth-order valence-corrected chi connectivity index (χ4v) is 3.32. The van der Waals surface area contributed by atoms with Crippen LogP contribution in [0.25, 0.3) is 0 Å². The summed E-state index contributed by atoms with van der Waals surface area (Å²) in [5.41, 5.74) is 0.799. The van der Waals surface area contributed by atoms with Crippen LogP contribution in [0.2, 0.25) is 10.3 Å². The normalized spacial score (nSPS) is 28.1. The first-order valence-electron chi connectivity index (χ1n) is 6.41. The van der Waals surface area contributed by atoms with E-state index in [-0.39, 0.29) is 0 Å². The Morgan fingerprint density at radius 1 is 1.22 bits per heavy atom. The number of hydrogen-bond donors (Lipinski definition) is 1. The van der Waals surface area contributed by atoms with Gasteiger partial charge in [0.1, 0.15) is 0 Å². The van der Waals surface area contributed by atoms with Crippen LogP contribution in [-0.2, 0) is 0 Å². The Morgan fingerprint density at radius 3 is 3.00 bits per heavy atom. The van der Waals surface area contributed by atoms with E-state index in [4.69, 9.17) is 23.2 Å². The average Bonchev–Trinajstić information content (AvgIpc) is 2.81. The first kappa shape index (κ1) is 12.5. The molecule has 2 fully saturated rings. The molecule has 0 radical (unpaired) electrons. The van der Waals surface area contributed by atoms with Gasteiger partial charge >= 0.3 is 0 Å². The zero-order chi connectivity index (χ0) is 12.5. The summed E-state index contributed by atoms with van der Waals surface area (Å²) in [6.45, 7) is 2.44. The number of aromatic nitrogens is 2. The van der Waals surface area contributed by atoms with E-state index in [1.54, 1.807) is 6.07 Å². The fraction of sp³-hybridized carbons (Fsp3) is 0.667. The molecule has 0 amide bonds. The van der Waals surface area contributed by atoms with Crippen LogP contribution in [0.1, 0.15) is 25.7 Å². The lowest BCUT2D eigenvalue weighted by atomic mass is 9.97. The van der Waals surface area contributed by atoms with Crippen molar-refractivity contribution in [2.75, 3.05) is 18.4 Å². The van der Waals surface area contributed by atoms with Crippen molar-refractivity contribution in [3.8, 4) is 0 Å². The molecule has 2 aliphatic rings. The topological polar surface area (TPSA) is 41.0 Å². The van der Waals surface area contributed by atoms with E-state index in [0.717, 1.165) is 18.2 Å². The Morgan fingerprint density at radius 2 is 2.11 bits per heavy atom. The van der Waals surface area contributed by atoms with Crippen LogP contribution in [-0.4, -0.2) is 40.3 Å². The summed E-state index contributed by atoms with van der Waals surface area (Å²) in [6.07, 6.45) is 4.98. The lowest BCUT2D eigenvalue weighted by Crippen LogP contribution is -2.42. The van der Waals surface area contributed by atoms with E-state index >= 15 is 0 Å². The van der Waals surface area contributed by atoms with E-state index in [9.17, 15) is 0 Å². The van der Waals surface area contributed by atoms with Crippen LogP contribution in [0.5, 0.6) is 0 Å². The van der Waals surface area contributed by atoms with Gasteiger partial charge in [-0.3, -0.25) is 0 Å². The number of nitrogens with zero attached hydrogens (tertiary/aromatic N) is 3. The van der Waals surface area contributed by atoms with Gasteiger partial charge in [0.2, 0.25) is 0 Å². The highest BCUT2D eigenvalue weighted by Gasteiger charge is 2.31. The van der Waals surface area contributed by atoms with Crippen molar-refractivity contribution in [2.45, 2.75) is 37.8 Å². The molecule has 4 nitrogen and oxygen atoms in total. The van der Waals surface area contributed by atoms with Gasteiger partial charge in [-0.05, 0) is 32.2 Å². The highest BCUT2D eigenvalue weighted by molar-refractivity contribution is 6.33. The number of rotatable bonds is 2. The Bertz CT molecular complexity index is 440. The molecule has 18 heavy (non-hydrogen) atoms. The van der Waals surface area contributed by atoms with E-state index in [1.807, 2.05) is 0 Å². The van der Waals surface area contributed by atoms with Gasteiger partial charge in [-0.25, -0.2) is 0 Å². The summed E-state index contributed by atoms with van der Waals surface area (Å²) in [5, 5.41) is 11.8. The van der Waals surface area contributed by atoms with Gasteiger partial charge in [-0.2, -0.15) is 0 Å². The molecular formula is C12H16Cl2N4. The third kappa shape index (κ3) is 2.56. The molecule has 0 bridgehead atoms. The Kier molecular flexibility index (Phi) is 3.59. The van der Waals surface area contributed by atoms with E-state index < -0.39 is 0 Å². The fourth-order valence-electron chi connectivity index (χ4n) is 3.03. The highest BCUT2D eigenvalue weighted by Crippen LogP contribution is 2.30. The standard InChI is InChI=1S/C12H16Cl2N4/c13-11-7-10(12(14)17-16-11)15-8-3-5-18-4-1-2-9(18)6-8/h7-9H,1-6H2,(H,15,16). The number of hydrogen-bond acceptors (Lipinski definition) is 4. The molecule has 2 unspecified atom stereocenters. The monoisotopic (exact) mass is 286 g/mol. The summed E-state index contributed by atoms with van der Waals surface area (Å²) < 4.78 is 0. The van der Waals surface area contributed by atoms with Gasteiger partial charge in [0.05, 0.1) is 5.69 Å². The van der Waals surface area contributed by atoms with Crippen molar-refractivity contribution >= 4 is 28.9 Å². The van der Waals surface area contributed by atoms with Gasteiger partial charge in [0.15, 0.2) is 10.3 Å². The minimum atomic E-state index is 0.375. The van der Waals surface area contributed by atoms with Gasteiger partial charge < -0.3 is 10.2 Å². The molecule has 1 aromatic heterocycles. The van der Waals surface area contributed by atoms with Crippen LogP contribution in [0.4, 0.5) is 5.69 Å². The second kappa shape index (κ2) is 5.19. The molecule has 6 heteroatoms. The molecule has 0 saturated carbocycles. The van der Waals surface area contributed by atoms with Gasteiger partial charge in [-0.1, -0.05) is 23.2 Å². The number of piperidine rings is 1. The zero-order valence-corrected chi connectivity index (χ0v) is 11.6. The third-order valence-corrected chi connectivity index (χ3v) is 4.36. The van der Waals surface area contributed by atoms with Crippen molar-refractivity contribution in [3.05, 3.63) is 16.4 Å². The summed E-state index contributed by atoms with van der Waals surface area (Å²) in [4.78, 5) is 2.59. The van der Waals surface area contributed by atoms with Gasteiger partial charge in [0.25, 0.3) is 0 Å². The lowest BCUT2D eigenvalue weighted by molar-refractivity contribution is 0.188. The number of nitrogens with one attached hydrogen (secondary N) is 1. The Labute approximate surface area is 117 Å². The van der Waals surface area contributed by atoms with E-state index in [2.05, 4.69) is 20.4 Å². The minimum Gasteiger partial charge on any atom is -0.380 e. The maximum Gasteiger partial charge on any atom is 0.174 e. The van der Waals surface area contributed by atoms with E-state index in [0.29, 0.717) is 16.3 Å². The summed E-state index contributed by atoms with van der Waals surface area (Å²) in [6, 6.07) is 2.94. The predicted octanol–water partition coefficient (Wildman–Crippen LogP) is 2.82. The van der Waals surface area contributed by atoms with Crippen LogP contribution in [0, 0.1) is 0 Å². The number of anilines is 1. The van der Waals surface area contributed by atoms with Crippen LogP contribution in [0.15, 0.2) is 6.07 Å². The summed E-state index contributed by atoms with van der Waals surface area (Å²) >= 11 is 11.9. The van der Waals surface area contributed by atoms with Crippen molar-refractivity contribution in [2.24, 2.45) is 0 Å². The maximum atomic E-state index is 6.02. The molecule has 0 aliphatic carbocycles. The van der Waals surface area contributed by atoms with Crippen molar-refractivity contribution in [3.63, 3.8) is 0 Å². The summed E-state index contributed by atoms with van der Waals surface area (Å²) in [7, 11) is 0. The molecule has 98 valence electrons. The molecule has 3 rings (SSSR count). The Hall–Kier alpha value is -0.580. The largest absolute Gasteiger partial charge is 0.380 e. The number of halogens is 2. The minimum absolute atomic E-state index is 0.375. The van der Waals surface area contributed by atoms with Crippen molar-refractivity contribution in [1.29, 1.82) is 0 Å². The van der Waals surface area contributed by atoms with Crippen LogP contribution < -0.4 is 5.32 Å². The molecule has 2 saturated heterocycles. The molecule has 0 spiro atoms. The molecule has 1 aromatic rings. The van der Waals surface area contributed by atoms with Crippen molar-refractivity contribution < 1.29 is 0 Å². The van der Waals surface area contributed by atoms with Gasteiger partial charge in [0, 0.05) is 24.7 Å². The molecular weight excluding hydrogens is 271 g/mol. The highest BCUT2D eigenvalue weighted by atomic mass is 35.5. The smallest absolute Gasteiger partial charge is 0.174 e. The average molecular weight is 287 g/mol. The second-order valence-electron chi connectivity index (χ2n) is 5.07. The molecule has 2 aliphatic heterocycles. The predicted molar refractivity (Wildman–Crippen MR) is 73.3 cm³/mol. The first-order valence-corrected chi connectivity index (χ1v) is 7.17. The quantitative estimate of drug-likeness (QED) is 0.908. The zero-order valence-electron chi connectivity index (χ0n) is 10.1. The van der Waals surface area contributed by atoms with Gasteiger partial charge in [-0.15, -0.1) is 10.2 Å². The lowest BCUT2D eigenvalue weighted by Gasteiger charge is -2.35. The second-order valence-corrected chi connectivity index (χ2v) is 5.81. The molecule has 1 N–H and O–H groups in total. The van der Waals surface area contributed by atoms with Crippen LogP contribution in [0.3, 0.4) is 0 Å².